The summed E-state index contributed by atoms with van der Waals surface area (Å²) in [6.45, 7) is 5.75. The third-order valence-electron chi connectivity index (χ3n) is 6.55. The molecule has 0 bridgehead atoms. The van der Waals surface area contributed by atoms with E-state index >= 15 is 0 Å². The number of hydrogen-bond acceptors (Lipinski definition) is 6. The summed E-state index contributed by atoms with van der Waals surface area (Å²) >= 11 is 0. The lowest BCUT2D eigenvalue weighted by Gasteiger charge is -2.37. The number of benzene rings is 2. The summed E-state index contributed by atoms with van der Waals surface area (Å²) in [7, 11) is 0. The first-order valence-electron chi connectivity index (χ1n) is 12.0. The van der Waals surface area contributed by atoms with Crippen molar-refractivity contribution in [2.45, 2.75) is 19.4 Å². The molecule has 0 saturated carbocycles. The number of ketones is 1. The number of piperazine rings is 1. The van der Waals surface area contributed by atoms with E-state index in [1.807, 2.05) is 24.3 Å². The summed E-state index contributed by atoms with van der Waals surface area (Å²) in [6.07, 6.45) is 0.685. The minimum Gasteiger partial charge on any atom is -0.369 e. The standard InChI is InChI=1S/C26H30F2N4O4/c1-18(33)20-5-2-3-6-23(20)31-13-11-30(12-14-31)10-4-9-29-26(35)32-24(16-36-17-25(32)34)19-7-8-21(27)22(28)15-19/h2-3,5-8,15,24H,4,9-14,16-17H2,1H3,(H,29,35). The second-order valence-corrected chi connectivity index (χ2v) is 8.96. The third kappa shape index (κ3) is 5.88. The average molecular weight is 501 g/mol. The first kappa shape index (κ1) is 25.7. The molecule has 8 nitrogen and oxygen atoms in total. The fourth-order valence-electron chi connectivity index (χ4n) is 4.64. The van der Waals surface area contributed by atoms with Crippen LogP contribution in [0.3, 0.4) is 0 Å². The number of amides is 3. The van der Waals surface area contributed by atoms with Gasteiger partial charge in [0.1, 0.15) is 6.61 Å². The highest BCUT2D eigenvalue weighted by Gasteiger charge is 2.35. The van der Waals surface area contributed by atoms with Crippen molar-refractivity contribution < 1.29 is 27.9 Å². The molecule has 1 atom stereocenters. The lowest BCUT2D eigenvalue weighted by atomic mass is 10.0. The van der Waals surface area contributed by atoms with E-state index in [1.165, 1.54) is 6.07 Å². The Morgan fingerprint density at radius 2 is 1.81 bits per heavy atom. The molecule has 0 aliphatic carbocycles. The van der Waals surface area contributed by atoms with Crippen LogP contribution in [0.4, 0.5) is 19.3 Å². The average Bonchev–Trinajstić information content (AvgIpc) is 2.88. The largest absolute Gasteiger partial charge is 0.369 e. The number of imide groups is 1. The van der Waals surface area contributed by atoms with E-state index in [1.54, 1.807) is 6.92 Å². The third-order valence-corrected chi connectivity index (χ3v) is 6.55. The molecule has 1 unspecified atom stereocenters. The Balaban J connectivity index is 1.25. The molecule has 192 valence electrons. The monoisotopic (exact) mass is 500 g/mol. The van der Waals surface area contributed by atoms with Crippen LogP contribution in [0, 0.1) is 11.6 Å². The zero-order chi connectivity index (χ0) is 25.7. The molecule has 36 heavy (non-hydrogen) atoms. The number of anilines is 1. The van der Waals surface area contributed by atoms with Gasteiger partial charge in [0.25, 0.3) is 5.91 Å². The van der Waals surface area contributed by atoms with E-state index in [9.17, 15) is 23.2 Å². The van der Waals surface area contributed by atoms with Crippen LogP contribution in [0.5, 0.6) is 0 Å². The minimum atomic E-state index is -1.05. The molecular weight excluding hydrogens is 470 g/mol. The van der Waals surface area contributed by atoms with Gasteiger partial charge in [-0.2, -0.15) is 0 Å². The molecular formula is C26H30F2N4O4. The summed E-state index contributed by atoms with van der Waals surface area (Å²) in [5, 5.41) is 2.77. The summed E-state index contributed by atoms with van der Waals surface area (Å²) < 4.78 is 32.3. The molecule has 2 saturated heterocycles. The summed E-state index contributed by atoms with van der Waals surface area (Å²) in [5.74, 6) is -2.53. The number of para-hydroxylation sites is 1. The van der Waals surface area contributed by atoms with Gasteiger partial charge in [-0.05, 0) is 49.7 Å². The lowest BCUT2D eigenvalue weighted by molar-refractivity contribution is -0.143. The number of rotatable bonds is 7. The van der Waals surface area contributed by atoms with Gasteiger partial charge >= 0.3 is 6.03 Å². The molecule has 2 aliphatic heterocycles. The summed E-state index contributed by atoms with van der Waals surface area (Å²) in [6, 6.07) is 9.53. The number of nitrogens with one attached hydrogen (secondary N) is 1. The Hall–Kier alpha value is -3.37. The van der Waals surface area contributed by atoms with Crippen molar-refractivity contribution in [2.75, 3.05) is 57.4 Å². The van der Waals surface area contributed by atoms with Crippen LogP contribution in [0.2, 0.25) is 0 Å². The Morgan fingerprint density at radius 3 is 2.53 bits per heavy atom. The normalized spacial score (nSPS) is 18.9. The zero-order valence-corrected chi connectivity index (χ0v) is 20.2. The molecule has 2 heterocycles. The highest BCUT2D eigenvalue weighted by Crippen LogP contribution is 2.26. The number of Topliss-reactive ketones (excluding diaryl/α,β-unsaturated/α-hetero) is 1. The molecule has 1 N–H and O–H groups in total. The quantitative estimate of drug-likeness (QED) is 0.465. The summed E-state index contributed by atoms with van der Waals surface area (Å²) in [5.41, 5.74) is 1.98. The van der Waals surface area contributed by atoms with Crippen LogP contribution in [-0.4, -0.2) is 80.0 Å². The van der Waals surface area contributed by atoms with Crippen molar-refractivity contribution in [3.63, 3.8) is 0 Å². The van der Waals surface area contributed by atoms with Gasteiger partial charge < -0.3 is 15.0 Å². The second kappa shape index (κ2) is 11.6. The van der Waals surface area contributed by atoms with Crippen molar-refractivity contribution in [3.05, 3.63) is 65.2 Å². The number of ether oxygens (including phenoxy) is 1. The highest BCUT2D eigenvalue weighted by molar-refractivity contribution is 5.99. The fourth-order valence-corrected chi connectivity index (χ4v) is 4.64. The molecule has 4 rings (SSSR count). The van der Waals surface area contributed by atoms with E-state index in [4.69, 9.17) is 4.74 Å². The number of carbonyl (C=O) groups excluding carboxylic acids is 3. The van der Waals surface area contributed by atoms with Crippen LogP contribution in [-0.2, 0) is 9.53 Å². The van der Waals surface area contributed by atoms with Gasteiger partial charge in [-0.1, -0.05) is 18.2 Å². The molecule has 2 aliphatic rings. The highest BCUT2D eigenvalue weighted by atomic mass is 19.2. The Morgan fingerprint density at radius 1 is 1.06 bits per heavy atom. The number of carbonyl (C=O) groups is 3. The Labute approximate surface area is 208 Å². The van der Waals surface area contributed by atoms with Gasteiger partial charge in [-0.25, -0.2) is 13.6 Å². The van der Waals surface area contributed by atoms with Gasteiger partial charge in [0.05, 0.1) is 12.6 Å². The number of urea groups is 1. The predicted octanol–water partition coefficient (Wildman–Crippen LogP) is 2.99. The lowest BCUT2D eigenvalue weighted by Crippen LogP contribution is -2.52. The second-order valence-electron chi connectivity index (χ2n) is 8.96. The number of halogens is 2. The maximum atomic E-state index is 13.7. The molecule has 0 radical (unpaired) electrons. The molecule has 0 spiro atoms. The zero-order valence-electron chi connectivity index (χ0n) is 20.2. The molecule has 3 amide bonds. The molecule has 10 heteroatoms. The number of morpholine rings is 1. The van der Waals surface area contributed by atoms with Crippen LogP contribution < -0.4 is 10.2 Å². The van der Waals surface area contributed by atoms with E-state index in [0.717, 1.165) is 61.0 Å². The predicted molar refractivity (Wildman–Crippen MR) is 130 cm³/mol. The number of hydrogen-bond donors (Lipinski definition) is 1. The number of nitrogens with zero attached hydrogens (tertiary/aromatic N) is 3. The van der Waals surface area contributed by atoms with Crippen LogP contribution in [0.1, 0.15) is 35.3 Å². The van der Waals surface area contributed by atoms with Crippen molar-refractivity contribution in [3.8, 4) is 0 Å². The smallest absolute Gasteiger partial charge is 0.324 e. The molecule has 2 fully saturated rings. The van der Waals surface area contributed by atoms with Crippen molar-refractivity contribution >= 4 is 23.4 Å². The van der Waals surface area contributed by atoms with Crippen molar-refractivity contribution in [1.82, 2.24) is 15.1 Å². The molecule has 2 aromatic rings. The SMILES string of the molecule is CC(=O)c1ccccc1N1CCN(CCCNC(=O)N2C(=O)COCC2c2ccc(F)c(F)c2)CC1. The van der Waals surface area contributed by atoms with Crippen molar-refractivity contribution in [1.29, 1.82) is 0 Å². The van der Waals surface area contributed by atoms with Gasteiger partial charge in [0.2, 0.25) is 0 Å². The summed E-state index contributed by atoms with van der Waals surface area (Å²) in [4.78, 5) is 42.7. The Bertz CT molecular complexity index is 1120. The van der Waals surface area contributed by atoms with Gasteiger partial charge in [0.15, 0.2) is 17.4 Å². The van der Waals surface area contributed by atoms with Crippen LogP contribution in [0.25, 0.3) is 0 Å². The fraction of sp³-hybridized carbons (Fsp3) is 0.423. The minimum absolute atomic E-state index is 0.0151. The maximum Gasteiger partial charge on any atom is 0.324 e. The van der Waals surface area contributed by atoms with Gasteiger partial charge in [-0.3, -0.25) is 19.4 Å². The maximum absolute atomic E-state index is 13.7. The topological polar surface area (TPSA) is 82.2 Å². The van der Waals surface area contributed by atoms with Crippen LogP contribution >= 0.6 is 0 Å². The van der Waals surface area contributed by atoms with E-state index in [-0.39, 0.29) is 19.0 Å². The molecule has 2 aromatic carbocycles. The van der Waals surface area contributed by atoms with Crippen molar-refractivity contribution in [2.24, 2.45) is 0 Å². The first-order chi connectivity index (χ1) is 17.3. The van der Waals surface area contributed by atoms with Gasteiger partial charge in [-0.15, -0.1) is 0 Å². The van der Waals surface area contributed by atoms with Crippen LogP contribution in [0.15, 0.2) is 42.5 Å². The van der Waals surface area contributed by atoms with E-state index < -0.39 is 29.6 Å². The van der Waals surface area contributed by atoms with Gasteiger partial charge in [0, 0.05) is 44.0 Å². The Kier molecular flexibility index (Phi) is 8.27. The first-order valence-corrected chi connectivity index (χ1v) is 12.0. The van der Waals surface area contributed by atoms with E-state index in [2.05, 4.69) is 15.1 Å². The van der Waals surface area contributed by atoms with E-state index in [0.29, 0.717) is 18.5 Å². The molecule has 0 aromatic heterocycles.